The summed E-state index contributed by atoms with van der Waals surface area (Å²) in [6.07, 6.45) is 4.06. The molecule has 0 bridgehead atoms. The maximum absolute atomic E-state index is 5.29. The molecule has 3 heterocycles. The molecule has 27 heavy (non-hydrogen) atoms. The normalized spacial score (nSPS) is 11.3. The number of aryl methyl sites for hydroxylation is 1. The van der Waals surface area contributed by atoms with Crippen molar-refractivity contribution in [1.82, 2.24) is 24.1 Å². The summed E-state index contributed by atoms with van der Waals surface area (Å²) in [5, 5.41) is 9.75. The monoisotopic (exact) mass is 379 g/mol. The number of hydrogen-bond acceptors (Lipinski definition) is 5. The van der Waals surface area contributed by atoms with Gasteiger partial charge in [-0.3, -0.25) is 4.57 Å². The van der Waals surface area contributed by atoms with Gasteiger partial charge in [0.05, 0.1) is 18.8 Å². The Kier molecular flexibility index (Phi) is 5.22. The van der Waals surface area contributed by atoms with Gasteiger partial charge in [-0.25, -0.2) is 4.98 Å². The van der Waals surface area contributed by atoms with Gasteiger partial charge < -0.3 is 9.14 Å². The minimum Gasteiger partial charge on any atom is -0.383 e. The average molecular weight is 379 g/mol. The Morgan fingerprint density at radius 3 is 2.85 bits per heavy atom. The van der Waals surface area contributed by atoms with Gasteiger partial charge in [0.1, 0.15) is 5.65 Å². The lowest BCUT2D eigenvalue weighted by Gasteiger charge is -2.09. The molecular formula is C20H21N5OS. The van der Waals surface area contributed by atoms with Crippen molar-refractivity contribution < 1.29 is 4.74 Å². The van der Waals surface area contributed by atoms with E-state index in [1.54, 1.807) is 18.9 Å². The number of thioether (sulfide) groups is 1. The highest BCUT2D eigenvalue weighted by Gasteiger charge is 2.15. The maximum Gasteiger partial charge on any atom is 0.191 e. The van der Waals surface area contributed by atoms with Crippen molar-refractivity contribution >= 4 is 17.4 Å². The molecule has 0 spiro atoms. The van der Waals surface area contributed by atoms with Crippen LogP contribution >= 0.6 is 11.8 Å². The Morgan fingerprint density at radius 1 is 1.11 bits per heavy atom. The Morgan fingerprint density at radius 2 is 2.04 bits per heavy atom. The Labute approximate surface area is 162 Å². The fourth-order valence-electron chi connectivity index (χ4n) is 2.97. The number of pyridine rings is 1. The second-order valence-corrected chi connectivity index (χ2v) is 7.25. The van der Waals surface area contributed by atoms with Crippen molar-refractivity contribution in [3.8, 4) is 11.4 Å². The highest BCUT2D eigenvalue weighted by atomic mass is 32.2. The Bertz CT molecular complexity index is 1020. The quantitative estimate of drug-likeness (QED) is 0.457. The van der Waals surface area contributed by atoms with Crippen molar-refractivity contribution in [3.63, 3.8) is 0 Å². The molecule has 0 N–H and O–H groups in total. The van der Waals surface area contributed by atoms with Gasteiger partial charge in [0.25, 0.3) is 0 Å². The Balaban J connectivity index is 1.59. The third kappa shape index (κ3) is 3.89. The van der Waals surface area contributed by atoms with E-state index in [0.29, 0.717) is 13.2 Å². The molecule has 7 heteroatoms. The van der Waals surface area contributed by atoms with Crippen LogP contribution in [-0.4, -0.2) is 37.9 Å². The third-order valence-electron chi connectivity index (χ3n) is 4.28. The molecule has 0 aliphatic carbocycles. The van der Waals surface area contributed by atoms with Crippen LogP contribution in [-0.2, 0) is 17.0 Å². The predicted molar refractivity (Wildman–Crippen MR) is 107 cm³/mol. The average Bonchev–Trinajstić information content (AvgIpc) is 3.28. The first-order chi connectivity index (χ1) is 13.2. The van der Waals surface area contributed by atoms with Gasteiger partial charge in [0.2, 0.25) is 0 Å². The van der Waals surface area contributed by atoms with Crippen LogP contribution in [0.4, 0.5) is 0 Å². The van der Waals surface area contributed by atoms with E-state index in [1.807, 2.05) is 34.9 Å². The lowest BCUT2D eigenvalue weighted by atomic mass is 10.1. The highest BCUT2D eigenvalue weighted by Crippen LogP contribution is 2.26. The number of ether oxygens (including phenoxy) is 1. The molecule has 0 unspecified atom stereocenters. The molecule has 138 valence electrons. The van der Waals surface area contributed by atoms with E-state index in [0.717, 1.165) is 33.6 Å². The van der Waals surface area contributed by atoms with E-state index in [9.17, 15) is 0 Å². The number of imidazole rings is 1. The van der Waals surface area contributed by atoms with Crippen molar-refractivity contribution in [2.45, 2.75) is 24.4 Å². The van der Waals surface area contributed by atoms with Crippen LogP contribution in [0.2, 0.25) is 0 Å². The van der Waals surface area contributed by atoms with Crippen molar-refractivity contribution in [1.29, 1.82) is 0 Å². The van der Waals surface area contributed by atoms with Gasteiger partial charge in [0, 0.05) is 30.8 Å². The van der Waals surface area contributed by atoms with E-state index in [-0.39, 0.29) is 0 Å². The van der Waals surface area contributed by atoms with Gasteiger partial charge in [-0.05, 0) is 25.1 Å². The summed E-state index contributed by atoms with van der Waals surface area (Å²) in [5.41, 5.74) is 4.24. The summed E-state index contributed by atoms with van der Waals surface area (Å²) in [5.74, 6) is 1.61. The van der Waals surface area contributed by atoms with Gasteiger partial charge >= 0.3 is 0 Å². The summed E-state index contributed by atoms with van der Waals surface area (Å²) in [6.45, 7) is 3.40. The number of hydrogen-bond donors (Lipinski definition) is 0. The topological polar surface area (TPSA) is 57.2 Å². The first-order valence-corrected chi connectivity index (χ1v) is 9.78. The molecule has 4 rings (SSSR count). The second-order valence-electron chi connectivity index (χ2n) is 6.31. The maximum atomic E-state index is 5.29. The molecular weight excluding hydrogens is 358 g/mol. The summed E-state index contributed by atoms with van der Waals surface area (Å²) >= 11 is 1.64. The number of fused-ring (bicyclic) bond motifs is 1. The van der Waals surface area contributed by atoms with E-state index in [4.69, 9.17) is 4.74 Å². The molecule has 0 amide bonds. The summed E-state index contributed by atoms with van der Waals surface area (Å²) in [7, 11) is 1.71. The predicted octanol–water partition coefficient (Wildman–Crippen LogP) is 3.84. The molecule has 0 atom stereocenters. The molecule has 0 radical (unpaired) electrons. The largest absolute Gasteiger partial charge is 0.383 e. The van der Waals surface area contributed by atoms with Gasteiger partial charge in [-0.2, -0.15) is 0 Å². The van der Waals surface area contributed by atoms with Crippen LogP contribution in [0.3, 0.4) is 0 Å². The first-order valence-electron chi connectivity index (χ1n) is 8.79. The molecule has 4 aromatic rings. The zero-order chi connectivity index (χ0) is 18.6. The van der Waals surface area contributed by atoms with Crippen molar-refractivity contribution in [2.24, 2.45) is 0 Å². The number of rotatable bonds is 7. The zero-order valence-corrected chi connectivity index (χ0v) is 16.2. The number of benzene rings is 1. The smallest absolute Gasteiger partial charge is 0.191 e. The highest BCUT2D eigenvalue weighted by molar-refractivity contribution is 7.98. The number of methoxy groups -OCH3 is 1. The van der Waals surface area contributed by atoms with Crippen LogP contribution in [0, 0.1) is 6.92 Å². The van der Waals surface area contributed by atoms with E-state index in [1.165, 1.54) is 5.56 Å². The van der Waals surface area contributed by atoms with Gasteiger partial charge in [0.15, 0.2) is 11.0 Å². The van der Waals surface area contributed by atoms with Gasteiger partial charge in [-0.15, -0.1) is 10.2 Å². The fraction of sp³-hybridized carbons (Fsp3) is 0.250. The molecule has 3 aromatic heterocycles. The van der Waals surface area contributed by atoms with Crippen LogP contribution in [0.1, 0.15) is 11.3 Å². The summed E-state index contributed by atoms with van der Waals surface area (Å²) < 4.78 is 9.44. The Hall–Kier alpha value is -2.64. The lowest BCUT2D eigenvalue weighted by molar-refractivity contribution is 0.185. The third-order valence-corrected chi connectivity index (χ3v) is 5.28. The molecule has 1 aromatic carbocycles. The second kappa shape index (κ2) is 7.94. The van der Waals surface area contributed by atoms with Gasteiger partial charge in [-0.1, -0.05) is 41.6 Å². The summed E-state index contributed by atoms with van der Waals surface area (Å²) in [6, 6.07) is 14.3. The lowest BCUT2D eigenvalue weighted by Crippen LogP contribution is -2.07. The molecule has 0 aliphatic heterocycles. The molecule has 0 fully saturated rings. The van der Waals surface area contributed by atoms with E-state index < -0.39 is 0 Å². The van der Waals surface area contributed by atoms with E-state index in [2.05, 4.69) is 51.1 Å². The van der Waals surface area contributed by atoms with Crippen molar-refractivity contribution in [2.75, 3.05) is 13.7 Å². The molecule has 6 nitrogen and oxygen atoms in total. The molecule has 0 aliphatic rings. The van der Waals surface area contributed by atoms with Crippen LogP contribution in [0.5, 0.6) is 0 Å². The van der Waals surface area contributed by atoms with Crippen LogP contribution < -0.4 is 0 Å². The van der Waals surface area contributed by atoms with Crippen LogP contribution in [0.25, 0.3) is 17.0 Å². The summed E-state index contributed by atoms with van der Waals surface area (Å²) in [4.78, 5) is 4.66. The SMILES string of the molecule is COCCn1c(SCc2cn3ccccc3n2)nnc1-c1cccc(C)c1. The standard InChI is InChI=1S/C20H21N5OS/c1-15-6-5-7-16(12-15)19-22-23-20(25(19)10-11-26-2)27-14-17-13-24-9-4-3-8-18(24)21-17/h3-9,12-13H,10-11,14H2,1-2H3. The molecule has 0 saturated heterocycles. The number of aromatic nitrogens is 5. The van der Waals surface area contributed by atoms with Crippen LogP contribution in [0.15, 0.2) is 60.0 Å². The zero-order valence-electron chi connectivity index (χ0n) is 15.4. The first kappa shape index (κ1) is 17.8. The van der Waals surface area contributed by atoms with Crippen molar-refractivity contribution in [3.05, 3.63) is 66.1 Å². The fourth-order valence-corrected chi connectivity index (χ4v) is 3.82. The minimum absolute atomic E-state index is 0.610. The van der Waals surface area contributed by atoms with E-state index >= 15 is 0 Å². The molecule has 0 saturated carbocycles. The minimum atomic E-state index is 0.610. The number of nitrogens with zero attached hydrogens (tertiary/aromatic N) is 5.